The lowest BCUT2D eigenvalue weighted by Crippen LogP contribution is -2.12. The number of H-pyrrole nitrogens is 1. The Morgan fingerprint density at radius 1 is 1.12 bits per heavy atom. The van der Waals surface area contributed by atoms with Gasteiger partial charge in [-0.05, 0) is 42.0 Å². The van der Waals surface area contributed by atoms with Crippen LogP contribution in [0.3, 0.4) is 0 Å². The van der Waals surface area contributed by atoms with E-state index in [1.54, 1.807) is 18.0 Å². The first-order valence-corrected chi connectivity index (χ1v) is 9.35. The third kappa shape index (κ3) is 4.97. The topological polar surface area (TPSA) is 57.8 Å². The highest BCUT2D eigenvalue weighted by molar-refractivity contribution is 7.99. The van der Waals surface area contributed by atoms with Crippen LogP contribution in [0.1, 0.15) is 19.0 Å². The number of aromatic amines is 1. The van der Waals surface area contributed by atoms with Gasteiger partial charge < -0.3 is 10.3 Å². The van der Waals surface area contributed by atoms with E-state index in [-0.39, 0.29) is 5.91 Å². The maximum atomic E-state index is 12.1. The minimum Gasteiger partial charge on any atom is -0.358 e. The van der Waals surface area contributed by atoms with Crippen molar-refractivity contribution in [1.82, 2.24) is 9.97 Å². The van der Waals surface area contributed by atoms with E-state index < -0.39 is 0 Å². The third-order valence-electron chi connectivity index (χ3n) is 3.76. The van der Waals surface area contributed by atoms with Crippen molar-refractivity contribution in [3.8, 4) is 11.3 Å². The van der Waals surface area contributed by atoms with Crippen LogP contribution < -0.4 is 5.32 Å². The molecule has 0 saturated heterocycles. The number of nitrogens with one attached hydrogen (secondary N) is 2. The summed E-state index contributed by atoms with van der Waals surface area (Å²) < 4.78 is 0. The number of rotatable bonds is 7. The van der Waals surface area contributed by atoms with Crippen LogP contribution in [0.4, 0.5) is 5.69 Å². The predicted molar refractivity (Wildman–Crippen MR) is 104 cm³/mol. The number of aromatic nitrogens is 2. The van der Waals surface area contributed by atoms with Gasteiger partial charge in [0.1, 0.15) is 0 Å². The second-order valence-electron chi connectivity index (χ2n) is 5.63. The van der Waals surface area contributed by atoms with Crippen molar-refractivity contribution in [2.24, 2.45) is 0 Å². The first kappa shape index (κ1) is 17.3. The molecule has 0 bridgehead atoms. The van der Waals surface area contributed by atoms with Crippen molar-refractivity contribution in [2.75, 3.05) is 11.1 Å². The lowest BCUT2D eigenvalue weighted by molar-refractivity contribution is -0.116. The van der Waals surface area contributed by atoms with Gasteiger partial charge in [-0.1, -0.05) is 37.3 Å². The fourth-order valence-corrected chi connectivity index (χ4v) is 3.12. The molecule has 128 valence electrons. The molecular formula is C20H21N3OS. The van der Waals surface area contributed by atoms with Gasteiger partial charge in [0.2, 0.25) is 5.91 Å². The number of amides is 1. The lowest BCUT2D eigenvalue weighted by atomic mass is 10.2. The Hall–Kier alpha value is -2.53. The van der Waals surface area contributed by atoms with E-state index in [0.717, 1.165) is 33.4 Å². The lowest BCUT2D eigenvalue weighted by Gasteiger charge is -2.05. The highest BCUT2D eigenvalue weighted by Crippen LogP contribution is 2.19. The standard InChI is InChI=1S/C20H21N3OS/c1-2-25-20-13-10-17(14-21-20)23-19(24)12-9-16-8-11-18(22-16)15-6-4-3-5-7-15/h3-8,10-11,13-14,22H,2,9,12H2,1H3,(H,23,24). The zero-order valence-corrected chi connectivity index (χ0v) is 15.0. The molecule has 1 aromatic carbocycles. The smallest absolute Gasteiger partial charge is 0.224 e. The van der Waals surface area contributed by atoms with Gasteiger partial charge in [-0.15, -0.1) is 11.8 Å². The van der Waals surface area contributed by atoms with Crippen LogP contribution >= 0.6 is 11.8 Å². The molecule has 0 aliphatic carbocycles. The fraction of sp³-hybridized carbons (Fsp3) is 0.200. The van der Waals surface area contributed by atoms with Crippen molar-refractivity contribution in [2.45, 2.75) is 24.8 Å². The van der Waals surface area contributed by atoms with E-state index in [4.69, 9.17) is 0 Å². The number of anilines is 1. The Kier molecular flexibility index (Phi) is 5.90. The van der Waals surface area contributed by atoms with Gasteiger partial charge in [0.15, 0.2) is 0 Å². The molecule has 0 fully saturated rings. The largest absolute Gasteiger partial charge is 0.358 e. The van der Waals surface area contributed by atoms with Crippen molar-refractivity contribution in [3.05, 3.63) is 66.5 Å². The highest BCUT2D eigenvalue weighted by Gasteiger charge is 2.06. The number of aryl methyl sites for hydroxylation is 1. The Morgan fingerprint density at radius 3 is 2.68 bits per heavy atom. The molecule has 4 nitrogen and oxygen atoms in total. The van der Waals surface area contributed by atoms with Gasteiger partial charge in [-0.25, -0.2) is 4.98 Å². The molecule has 0 radical (unpaired) electrons. The number of pyridine rings is 1. The number of carbonyl (C=O) groups is 1. The molecule has 0 unspecified atom stereocenters. The maximum Gasteiger partial charge on any atom is 0.224 e. The van der Waals surface area contributed by atoms with Crippen LogP contribution in [0.25, 0.3) is 11.3 Å². The van der Waals surface area contributed by atoms with Gasteiger partial charge in [0.25, 0.3) is 0 Å². The van der Waals surface area contributed by atoms with E-state index >= 15 is 0 Å². The first-order valence-electron chi connectivity index (χ1n) is 8.36. The molecule has 2 heterocycles. The predicted octanol–water partition coefficient (Wildman–Crippen LogP) is 4.76. The molecule has 1 amide bonds. The van der Waals surface area contributed by atoms with Crippen molar-refractivity contribution in [1.29, 1.82) is 0 Å². The Labute approximate surface area is 152 Å². The molecule has 3 aromatic rings. The Morgan fingerprint density at radius 2 is 1.96 bits per heavy atom. The van der Waals surface area contributed by atoms with Gasteiger partial charge in [0.05, 0.1) is 16.9 Å². The van der Waals surface area contributed by atoms with E-state index in [1.807, 2.05) is 36.4 Å². The SMILES string of the molecule is CCSc1ccc(NC(=O)CCc2ccc(-c3ccccc3)[nH]2)cn1. The van der Waals surface area contributed by atoms with Crippen LogP contribution in [-0.4, -0.2) is 21.6 Å². The van der Waals surface area contributed by atoms with Crippen LogP contribution in [0.15, 0.2) is 65.8 Å². The van der Waals surface area contributed by atoms with Crippen LogP contribution in [0, 0.1) is 0 Å². The van der Waals surface area contributed by atoms with Crippen LogP contribution in [0.2, 0.25) is 0 Å². The monoisotopic (exact) mass is 351 g/mol. The molecule has 5 heteroatoms. The summed E-state index contributed by atoms with van der Waals surface area (Å²) in [6.07, 6.45) is 2.81. The molecule has 3 rings (SSSR count). The minimum absolute atomic E-state index is 0.00597. The average Bonchev–Trinajstić information content (AvgIpc) is 3.12. The van der Waals surface area contributed by atoms with E-state index in [1.165, 1.54) is 0 Å². The number of thioether (sulfide) groups is 1. The molecule has 0 aliphatic rings. The van der Waals surface area contributed by atoms with Crippen LogP contribution in [0.5, 0.6) is 0 Å². The summed E-state index contributed by atoms with van der Waals surface area (Å²) in [5, 5.41) is 3.87. The fourth-order valence-electron chi connectivity index (χ4n) is 2.53. The molecule has 0 saturated carbocycles. The Balaban J connectivity index is 1.51. The number of hydrogen-bond donors (Lipinski definition) is 2. The number of nitrogens with zero attached hydrogens (tertiary/aromatic N) is 1. The molecular weight excluding hydrogens is 330 g/mol. The normalized spacial score (nSPS) is 10.6. The molecule has 25 heavy (non-hydrogen) atoms. The third-order valence-corrected chi connectivity index (χ3v) is 4.59. The zero-order chi connectivity index (χ0) is 17.5. The first-order chi connectivity index (χ1) is 12.2. The molecule has 2 aromatic heterocycles. The maximum absolute atomic E-state index is 12.1. The van der Waals surface area contributed by atoms with E-state index in [9.17, 15) is 4.79 Å². The zero-order valence-electron chi connectivity index (χ0n) is 14.2. The Bertz CT molecular complexity index is 812. The highest BCUT2D eigenvalue weighted by atomic mass is 32.2. The van der Waals surface area contributed by atoms with Gasteiger partial charge in [0, 0.05) is 17.8 Å². The van der Waals surface area contributed by atoms with Crippen molar-refractivity contribution >= 4 is 23.4 Å². The minimum atomic E-state index is -0.00597. The summed E-state index contributed by atoms with van der Waals surface area (Å²) in [5.74, 6) is 0.980. The summed E-state index contributed by atoms with van der Waals surface area (Å²) >= 11 is 1.68. The van der Waals surface area contributed by atoms with Crippen molar-refractivity contribution in [3.63, 3.8) is 0 Å². The number of benzene rings is 1. The summed E-state index contributed by atoms with van der Waals surface area (Å²) in [7, 11) is 0. The summed E-state index contributed by atoms with van der Waals surface area (Å²) in [6.45, 7) is 2.09. The molecule has 2 N–H and O–H groups in total. The second kappa shape index (κ2) is 8.53. The van der Waals surface area contributed by atoms with Gasteiger partial charge >= 0.3 is 0 Å². The van der Waals surface area contributed by atoms with Gasteiger partial charge in [-0.2, -0.15) is 0 Å². The summed E-state index contributed by atoms with van der Waals surface area (Å²) in [5.41, 5.74) is 4.02. The molecule has 0 aliphatic heterocycles. The molecule has 0 spiro atoms. The molecule has 0 atom stereocenters. The van der Waals surface area contributed by atoms with E-state index in [0.29, 0.717) is 12.8 Å². The summed E-state index contributed by atoms with van der Waals surface area (Å²) in [6, 6.07) is 18.1. The van der Waals surface area contributed by atoms with E-state index in [2.05, 4.69) is 40.4 Å². The van der Waals surface area contributed by atoms with Crippen molar-refractivity contribution < 1.29 is 4.79 Å². The summed E-state index contributed by atoms with van der Waals surface area (Å²) in [4.78, 5) is 19.8. The second-order valence-corrected chi connectivity index (χ2v) is 6.91. The number of carbonyl (C=O) groups excluding carboxylic acids is 1. The quantitative estimate of drug-likeness (QED) is 0.603. The van der Waals surface area contributed by atoms with Gasteiger partial charge in [-0.3, -0.25) is 4.79 Å². The number of hydrogen-bond acceptors (Lipinski definition) is 3. The average molecular weight is 351 g/mol. The van der Waals surface area contributed by atoms with Crippen LogP contribution in [-0.2, 0) is 11.2 Å².